The summed E-state index contributed by atoms with van der Waals surface area (Å²) in [7, 11) is 1.65. The molecule has 0 bridgehead atoms. The highest BCUT2D eigenvalue weighted by Gasteiger charge is 2.11. The molecule has 1 unspecified atom stereocenters. The van der Waals surface area contributed by atoms with Crippen molar-refractivity contribution in [3.63, 3.8) is 0 Å². The van der Waals surface area contributed by atoms with E-state index in [9.17, 15) is 4.39 Å². The van der Waals surface area contributed by atoms with E-state index < -0.39 is 0 Å². The third kappa shape index (κ3) is 3.56. The number of halogens is 1. The Bertz CT molecular complexity index is 331. The van der Waals surface area contributed by atoms with Crippen LogP contribution in [0.4, 0.5) is 4.39 Å². The largest absolute Gasteiger partial charge is 0.383 e. The van der Waals surface area contributed by atoms with E-state index in [0.717, 1.165) is 11.1 Å². The zero-order valence-electron chi connectivity index (χ0n) is 9.79. The summed E-state index contributed by atoms with van der Waals surface area (Å²) in [5, 5.41) is 3.24. The van der Waals surface area contributed by atoms with E-state index in [1.807, 2.05) is 6.92 Å². The average molecular weight is 226 g/mol. The monoisotopic (exact) mass is 226 g/mol. The minimum atomic E-state index is -0.229. The van der Waals surface area contributed by atoms with Gasteiger partial charge in [0, 0.05) is 26.2 Å². The Morgan fingerprint density at radius 2 is 2.25 bits per heavy atom. The number of methoxy groups -OCH3 is 1. The molecule has 0 spiro atoms. The van der Waals surface area contributed by atoms with Crippen LogP contribution >= 0.6 is 0 Å². The van der Waals surface area contributed by atoms with Crippen molar-refractivity contribution in [3.05, 3.63) is 35.1 Å². The zero-order chi connectivity index (χ0) is 12.0. The molecule has 0 heterocycles. The molecule has 0 aliphatic carbocycles. The number of hydrogen-bond acceptors (Lipinski definition) is 3. The summed E-state index contributed by atoms with van der Waals surface area (Å²) in [6.07, 6.45) is 0. The topological polar surface area (TPSA) is 47.3 Å². The second kappa shape index (κ2) is 6.58. The molecule has 3 N–H and O–H groups in total. The first kappa shape index (κ1) is 13.1. The molecule has 0 saturated carbocycles. The first-order chi connectivity index (χ1) is 7.69. The first-order valence-electron chi connectivity index (χ1n) is 5.37. The van der Waals surface area contributed by atoms with Crippen LogP contribution < -0.4 is 11.1 Å². The second-order valence-corrected chi connectivity index (χ2v) is 3.74. The van der Waals surface area contributed by atoms with Crippen molar-refractivity contribution >= 4 is 0 Å². The molecular weight excluding hydrogens is 207 g/mol. The van der Waals surface area contributed by atoms with E-state index in [0.29, 0.717) is 19.7 Å². The van der Waals surface area contributed by atoms with E-state index in [4.69, 9.17) is 10.5 Å². The predicted octanol–water partition coefficient (Wildman–Crippen LogP) is 1.37. The van der Waals surface area contributed by atoms with E-state index >= 15 is 0 Å². The highest BCUT2D eigenvalue weighted by Crippen LogP contribution is 2.17. The summed E-state index contributed by atoms with van der Waals surface area (Å²) in [6, 6.07) is 4.74. The molecule has 0 amide bonds. The van der Waals surface area contributed by atoms with Crippen LogP contribution in [0.25, 0.3) is 0 Å². The molecule has 1 aromatic rings. The molecule has 1 atom stereocenters. The molecule has 0 aromatic heterocycles. The van der Waals surface area contributed by atoms with Crippen LogP contribution in [-0.4, -0.2) is 26.8 Å². The van der Waals surface area contributed by atoms with Gasteiger partial charge in [0.05, 0.1) is 6.61 Å². The van der Waals surface area contributed by atoms with Gasteiger partial charge in [-0.2, -0.15) is 0 Å². The molecule has 0 aliphatic heterocycles. The molecule has 1 aromatic carbocycles. The van der Waals surface area contributed by atoms with Crippen molar-refractivity contribution in [1.29, 1.82) is 0 Å². The Morgan fingerprint density at radius 1 is 1.50 bits per heavy atom. The standard InChI is InChI=1S/C12H19FN2O/c1-9-3-4-10(13)7-11(9)12(8-14)15-5-6-16-2/h3-4,7,12,15H,5-6,8,14H2,1-2H3. The Balaban J connectivity index is 2.73. The maximum absolute atomic E-state index is 13.1. The summed E-state index contributed by atoms with van der Waals surface area (Å²) in [5.41, 5.74) is 7.64. The fourth-order valence-electron chi connectivity index (χ4n) is 1.64. The number of ether oxygens (including phenoxy) is 1. The number of aryl methyl sites for hydroxylation is 1. The number of rotatable bonds is 6. The Labute approximate surface area is 95.8 Å². The van der Waals surface area contributed by atoms with Gasteiger partial charge < -0.3 is 15.8 Å². The van der Waals surface area contributed by atoms with Crippen LogP contribution in [0.1, 0.15) is 17.2 Å². The van der Waals surface area contributed by atoms with Crippen molar-refractivity contribution in [3.8, 4) is 0 Å². The van der Waals surface area contributed by atoms with E-state index in [-0.39, 0.29) is 11.9 Å². The Kier molecular flexibility index (Phi) is 5.38. The lowest BCUT2D eigenvalue weighted by molar-refractivity contribution is 0.196. The molecule has 3 nitrogen and oxygen atoms in total. The summed E-state index contributed by atoms with van der Waals surface area (Å²) >= 11 is 0. The lowest BCUT2D eigenvalue weighted by Crippen LogP contribution is -2.31. The van der Waals surface area contributed by atoms with Crippen LogP contribution in [0.3, 0.4) is 0 Å². The second-order valence-electron chi connectivity index (χ2n) is 3.74. The van der Waals surface area contributed by atoms with Crippen LogP contribution in [0, 0.1) is 12.7 Å². The van der Waals surface area contributed by atoms with Crippen molar-refractivity contribution in [1.82, 2.24) is 5.32 Å². The van der Waals surface area contributed by atoms with Gasteiger partial charge in [-0.05, 0) is 30.2 Å². The number of nitrogens with one attached hydrogen (secondary N) is 1. The summed E-state index contributed by atoms with van der Waals surface area (Å²) < 4.78 is 18.1. The third-order valence-corrected chi connectivity index (χ3v) is 2.55. The van der Waals surface area contributed by atoms with Gasteiger partial charge in [-0.25, -0.2) is 4.39 Å². The van der Waals surface area contributed by atoms with Gasteiger partial charge in [-0.1, -0.05) is 6.07 Å². The summed E-state index contributed by atoms with van der Waals surface area (Å²) in [5.74, 6) is -0.229. The first-order valence-corrected chi connectivity index (χ1v) is 5.37. The highest BCUT2D eigenvalue weighted by atomic mass is 19.1. The molecule has 0 saturated heterocycles. The maximum atomic E-state index is 13.1. The predicted molar refractivity (Wildman–Crippen MR) is 62.8 cm³/mol. The molecule has 16 heavy (non-hydrogen) atoms. The summed E-state index contributed by atoms with van der Waals surface area (Å²) in [6.45, 7) is 3.71. The van der Waals surface area contributed by atoms with Crippen molar-refractivity contribution in [2.75, 3.05) is 26.8 Å². The molecule has 0 aliphatic rings. The zero-order valence-corrected chi connectivity index (χ0v) is 9.79. The molecule has 0 fully saturated rings. The normalized spacial score (nSPS) is 12.8. The van der Waals surface area contributed by atoms with E-state index in [1.54, 1.807) is 13.2 Å². The number of nitrogens with two attached hydrogens (primary N) is 1. The van der Waals surface area contributed by atoms with Crippen molar-refractivity contribution in [2.45, 2.75) is 13.0 Å². The lowest BCUT2D eigenvalue weighted by Gasteiger charge is -2.19. The fourth-order valence-corrected chi connectivity index (χ4v) is 1.64. The quantitative estimate of drug-likeness (QED) is 0.720. The Hall–Kier alpha value is -0.970. The van der Waals surface area contributed by atoms with Gasteiger partial charge in [-0.15, -0.1) is 0 Å². The van der Waals surface area contributed by atoms with Gasteiger partial charge in [-0.3, -0.25) is 0 Å². The van der Waals surface area contributed by atoms with Crippen LogP contribution in [0.5, 0.6) is 0 Å². The average Bonchev–Trinajstić information content (AvgIpc) is 2.28. The smallest absolute Gasteiger partial charge is 0.123 e. The summed E-state index contributed by atoms with van der Waals surface area (Å²) in [4.78, 5) is 0. The van der Waals surface area contributed by atoms with Gasteiger partial charge >= 0.3 is 0 Å². The minimum Gasteiger partial charge on any atom is -0.383 e. The van der Waals surface area contributed by atoms with Crippen molar-refractivity contribution < 1.29 is 9.13 Å². The third-order valence-electron chi connectivity index (χ3n) is 2.55. The molecule has 1 rings (SSSR count). The lowest BCUT2D eigenvalue weighted by atomic mass is 10.0. The molecule has 90 valence electrons. The number of benzene rings is 1. The Morgan fingerprint density at radius 3 is 2.88 bits per heavy atom. The highest BCUT2D eigenvalue weighted by molar-refractivity contribution is 5.29. The SMILES string of the molecule is COCCNC(CN)c1cc(F)ccc1C. The van der Waals surface area contributed by atoms with Gasteiger partial charge in [0.1, 0.15) is 5.82 Å². The van der Waals surface area contributed by atoms with E-state index in [1.165, 1.54) is 12.1 Å². The van der Waals surface area contributed by atoms with Crippen molar-refractivity contribution in [2.24, 2.45) is 5.73 Å². The van der Waals surface area contributed by atoms with Gasteiger partial charge in [0.15, 0.2) is 0 Å². The molecular formula is C12H19FN2O. The number of hydrogen-bond donors (Lipinski definition) is 2. The van der Waals surface area contributed by atoms with Gasteiger partial charge in [0.25, 0.3) is 0 Å². The minimum absolute atomic E-state index is 0.0224. The van der Waals surface area contributed by atoms with Crippen LogP contribution in [0.2, 0.25) is 0 Å². The fraction of sp³-hybridized carbons (Fsp3) is 0.500. The van der Waals surface area contributed by atoms with E-state index in [2.05, 4.69) is 5.32 Å². The molecule has 0 radical (unpaired) electrons. The van der Waals surface area contributed by atoms with Gasteiger partial charge in [0.2, 0.25) is 0 Å². The molecule has 4 heteroatoms. The van der Waals surface area contributed by atoms with Crippen LogP contribution in [-0.2, 0) is 4.74 Å². The maximum Gasteiger partial charge on any atom is 0.123 e. The van der Waals surface area contributed by atoms with Crippen LogP contribution in [0.15, 0.2) is 18.2 Å².